The van der Waals surface area contributed by atoms with Crippen molar-refractivity contribution in [1.82, 2.24) is 10.2 Å². The summed E-state index contributed by atoms with van der Waals surface area (Å²) in [5, 5.41) is 3.17. The smallest absolute Gasteiger partial charge is 0.256 e. The lowest BCUT2D eigenvalue weighted by Gasteiger charge is -2.32. The monoisotopic (exact) mass is 404 g/mol. The van der Waals surface area contributed by atoms with Crippen molar-refractivity contribution in [3.8, 4) is 0 Å². The fourth-order valence-corrected chi connectivity index (χ4v) is 4.02. The number of nitrogens with one attached hydrogen (secondary N) is 1. The number of benzene rings is 1. The van der Waals surface area contributed by atoms with Crippen molar-refractivity contribution >= 4 is 21.8 Å². The SMILES string of the molecule is Cc1cccc(CN2CCC(NC(=O)c3c(C)oc(C)c3Br)CC2)c1. The normalized spacial score (nSPS) is 16.2. The van der Waals surface area contributed by atoms with E-state index in [1.165, 1.54) is 11.1 Å². The Kier molecular flexibility index (Phi) is 5.64. The molecule has 0 saturated carbocycles. The van der Waals surface area contributed by atoms with Crippen molar-refractivity contribution in [2.24, 2.45) is 0 Å². The molecule has 5 heteroatoms. The molecule has 0 radical (unpaired) electrons. The zero-order valence-corrected chi connectivity index (χ0v) is 16.6. The lowest BCUT2D eigenvalue weighted by molar-refractivity contribution is 0.0906. The number of piperidine rings is 1. The van der Waals surface area contributed by atoms with E-state index in [1.807, 2.05) is 13.8 Å². The van der Waals surface area contributed by atoms with Crippen LogP contribution in [0.2, 0.25) is 0 Å². The Morgan fingerprint density at radius 3 is 2.56 bits per heavy atom. The van der Waals surface area contributed by atoms with E-state index < -0.39 is 0 Å². The number of hydrogen-bond donors (Lipinski definition) is 1. The predicted molar refractivity (Wildman–Crippen MR) is 103 cm³/mol. The van der Waals surface area contributed by atoms with Gasteiger partial charge in [-0.1, -0.05) is 29.8 Å². The Morgan fingerprint density at radius 2 is 1.96 bits per heavy atom. The molecular formula is C20H25BrN2O2. The van der Waals surface area contributed by atoms with Gasteiger partial charge < -0.3 is 9.73 Å². The maximum atomic E-state index is 12.6. The highest BCUT2D eigenvalue weighted by atomic mass is 79.9. The van der Waals surface area contributed by atoms with E-state index in [0.717, 1.165) is 42.7 Å². The molecule has 0 aliphatic carbocycles. The molecular weight excluding hydrogens is 380 g/mol. The van der Waals surface area contributed by atoms with Gasteiger partial charge in [0.25, 0.3) is 5.91 Å². The summed E-state index contributed by atoms with van der Waals surface area (Å²) in [4.78, 5) is 15.0. The van der Waals surface area contributed by atoms with Gasteiger partial charge >= 0.3 is 0 Å². The van der Waals surface area contributed by atoms with Gasteiger partial charge in [0.1, 0.15) is 11.5 Å². The Bertz CT molecular complexity index is 761. The summed E-state index contributed by atoms with van der Waals surface area (Å²) in [6.07, 6.45) is 1.95. The van der Waals surface area contributed by atoms with Crippen molar-refractivity contribution in [2.75, 3.05) is 13.1 Å². The van der Waals surface area contributed by atoms with Crippen LogP contribution in [0.25, 0.3) is 0 Å². The van der Waals surface area contributed by atoms with Crippen LogP contribution in [0.15, 0.2) is 33.2 Å². The molecule has 0 spiro atoms. The average Bonchev–Trinajstić information content (AvgIpc) is 2.82. The van der Waals surface area contributed by atoms with Gasteiger partial charge in [-0.2, -0.15) is 0 Å². The number of carbonyl (C=O) groups is 1. The molecule has 1 aromatic carbocycles. The van der Waals surface area contributed by atoms with Gasteiger partial charge in [-0.25, -0.2) is 0 Å². The highest BCUT2D eigenvalue weighted by Crippen LogP contribution is 2.27. The number of likely N-dealkylation sites (tertiary alicyclic amines) is 1. The first kappa shape index (κ1) is 18.2. The van der Waals surface area contributed by atoms with Gasteiger partial charge in [0, 0.05) is 25.7 Å². The number of amides is 1. The van der Waals surface area contributed by atoms with Crippen LogP contribution in [0.5, 0.6) is 0 Å². The molecule has 25 heavy (non-hydrogen) atoms. The van der Waals surface area contributed by atoms with Crippen LogP contribution in [-0.4, -0.2) is 29.9 Å². The Balaban J connectivity index is 1.53. The summed E-state index contributed by atoms with van der Waals surface area (Å²) < 4.78 is 6.30. The fraction of sp³-hybridized carbons (Fsp3) is 0.450. The molecule has 0 bridgehead atoms. The first-order chi connectivity index (χ1) is 11.9. The molecule has 1 saturated heterocycles. The van der Waals surface area contributed by atoms with Crippen LogP contribution in [0.4, 0.5) is 0 Å². The molecule has 1 amide bonds. The van der Waals surface area contributed by atoms with Crippen LogP contribution in [-0.2, 0) is 6.54 Å². The molecule has 0 atom stereocenters. The third kappa shape index (κ3) is 4.33. The number of hydrogen-bond acceptors (Lipinski definition) is 3. The number of nitrogens with zero attached hydrogens (tertiary/aromatic N) is 1. The molecule has 1 aliphatic heterocycles. The first-order valence-electron chi connectivity index (χ1n) is 8.78. The van der Waals surface area contributed by atoms with Gasteiger partial charge in [-0.15, -0.1) is 0 Å². The minimum atomic E-state index is -0.0432. The second kappa shape index (κ2) is 7.75. The molecule has 2 heterocycles. The molecule has 3 rings (SSSR count). The highest BCUT2D eigenvalue weighted by molar-refractivity contribution is 9.10. The van der Waals surface area contributed by atoms with Crippen LogP contribution < -0.4 is 5.32 Å². The van der Waals surface area contributed by atoms with E-state index in [0.29, 0.717) is 11.3 Å². The van der Waals surface area contributed by atoms with Gasteiger partial charge in [0.15, 0.2) is 0 Å². The molecule has 1 N–H and O–H groups in total. The van der Waals surface area contributed by atoms with Crippen molar-refractivity contribution in [3.05, 3.63) is 56.9 Å². The third-order valence-electron chi connectivity index (χ3n) is 4.83. The van der Waals surface area contributed by atoms with E-state index in [2.05, 4.69) is 57.3 Å². The summed E-state index contributed by atoms with van der Waals surface area (Å²) in [5.41, 5.74) is 3.28. The van der Waals surface area contributed by atoms with E-state index in [-0.39, 0.29) is 11.9 Å². The van der Waals surface area contributed by atoms with Crippen molar-refractivity contribution in [1.29, 1.82) is 0 Å². The highest BCUT2D eigenvalue weighted by Gasteiger charge is 2.25. The summed E-state index contributed by atoms with van der Waals surface area (Å²) >= 11 is 3.46. The minimum absolute atomic E-state index is 0.0432. The Hall–Kier alpha value is -1.59. The summed E-state index contributed by atoms with van der Waals surface area (Å²) in [6.45, 7) is 8.80. The maximum Gasteiger partial charge on any atom is 0.256 e. The molecule has 1 fully saturated rings. The van der Waals surface area contributed by atoms with Crippen molar-refractivity contribution in [2.45, 2.75) is 46.2 Å². The largest absolute Gasteiger partial charge is 0.465 e. The molecule has 134 valence electrons. The second-order valence-electron chi connectivity index (χ2n) is 6.92. The Morgan fingerprint density at radius 1 is 1.24 bits per heavy atom. The third-order valence-corrected chi connectivity index (χ3v) is 5.78. The average molecular weight is 405 g/mol. The quantitative estimate of drug-likeness (QED) is 0.822. The maximum absolute atomic E-state index is 12.6. The van der Waals surface area contributed by atoms with Gasteiger partial charge in [-0.05, 0) is 55.1 Å². The molecule has 2 aromatic rings. The topological polar surface area (TPSA) is 45.5 Å². The number of furan rings is 1. The zero-order valence-electron chi connectivity index (χ0n) is 15.1. The molecule has 4 nitrogen and oxygen atoms in total. The lowest BCUT2D eigenvalue weighted by Crippen LogP contribution is -2.44. The van der Waals surface area contributed by atoms with Crippen LogP contribution >= 0.6 is 15.9 Å². The zero-order chi connectivity index (χ0) is 18.0. The first-order valence-corrected chi connectivity index (χ1v) is 9.57. The number of halogens is 1. The summed E-state index contributed by atoms with van der Waals surface area (Å²) in [6, 6.07) is 8.90. The van der Waals surface area contributed by atoms with Crippen LogP contribution in [0.3, 0.4) is 0 Å². The van der Waals surface area contributed by atoms with Gasteiger partial charge in [0.05, 0.1) is 10.0 Å². The fourth-order valence-electron chi connectivity index (χ4n) is 3.48. The lowest BCUT2D eigenvalue weighted by atomic mass is 10.0. The summed E-state index contributed by atoms with van der Waals surface area (Å²) in [7, 11) is 0. The standard InChI is InChI=1S/C20H25BrN2O2/c1-13-5-4-6-16(11-13)12-23-9-7-17(8-10-23)22-20(24)18-14(2)25-15(3)19(18)21/h4-6,11,17H,7-10,12H2,1-3H3,(H,22,24). The molecule has 1 aliphatic rings. The molecule has 1 aromatic heterocycles. The predicted octanol–water partition coefficient (Wildman–Crippen LogP) is 4.36. The van der Waals surface area contributed by atoms with Crippen LogP contribution in [0.1, 0.15) is 45.8 Å². The number of aryl methyl sites for hydroxylation is 3. The van der Waals surface area contributed by atoms with E-state index in [4.69, 9.17) is 4.42 Å². The minimum Gasteiger partial charge on any atom is -0.465 e. The van der Waals surface area contributed by atoms with E-state index >= 15 is 0 Å². The number of rotatable bonds is 4. The summed E-state index contributed by atoms with van der Waals surface area (Å²) in [5.74, 6) is 1.37. The molecule has 0 unspecified atom stereocenters. The van der Waals surface area contributed by atoms with Gasteiger partial charge in [-0.3, -0.25) is 9.69 Å². The van der Waals surface area contributed by atoms with Crippen LogP contribution in [0, 0.1) is 20.8 Å². The van der Waals surface area contributed by atoms with Crippen molar-refractivity contribution in [3.63, 3.8) is 0 Å². The van der Waals surface area contributed by atoms with Gasteiger partial charge in [0.2, 0.25) is 0 Å². The Labute approximate surface area is 157 Å². The van der Waals surface area contributed by atoms with Crippen molar-refractivity contribution < 1.29 is 9.21 Å². The second-order valence-corrected chi connectivity index (χ2v) is 7.71. The number of carbonyl (C=O) groups excluding carboxylic acids is 1. The van der Waals surface area contributed by atoms with E-state index in [9.17, 15) is 4.79 Å². The van der Waals surface area contributed by atoms with E-state index in [1.54, 1.807) is 0 Å².